The molecule has 0 spiro atoms. The third kappa shape index (κ3) is 4.36. The van der Waals surface area contributed by atoms with Crippen molar-refractivity contribution in [2.75, 3.05) is 44.2 Å². The number of hydrogen-bond acceptors (Lipinski definition) is 9. The van der Waals surface area contributed by atoms with Gasteiger partial charge in [-0.3, -0.25) is 9.69 Å². The Morgan fingerprint density at radius 2 is 2.10 bits per heavy atom. The van der Waals surface area contributed by atoms with Gasteiger partial charge in [0.1, 0.15) is 24.2 Å². The van der Waals surface area contributed by atoms with Gasteiger partial charge in [-0.1, -0.05) is 0 Å². The van der Waals surface area contributed by atoms with E-state index in [1.807, 2.05) is 29.3 Å². The van der Waals surface area contributed by atoms with Gasteiger partial charge in [-0.2, -0.15) is 10.4 Å². The number of aromatic nitrogens is 3. The van der Waals surface area contributed by atoms with Gasteiger partial charge in [0.25, 0.3) is 0 Å². The summed E-state index contributed by atoms with van der Waals surface area (Å²) in [5, 5.41) is 34.0. The number of aliphatic hydroxyl groups excluding tert-OH is 1. The van der Waals surface area contributed by atoms with Crippen LogP contribution in [0.25, 0.3) is 16.6 Å². The van der Waals surface area contributed by atoms with Gasteiger partial charge < -0.3 is 24.7 Å². The molecule has 2 bridgehead atoms. The highest BCUT2D eigenvalue weighted by Crippen LogP contribution is 2.49. The molecule has 208 valence electrons. The summed E-state index contributed by atoms with van der Waals surface area (Å²) in [7, 11) is 0. The number of carbonyl (C=O) groups is 1. The average Bonchev–Trinajstić information content (AvgIpc) is 3.23. The van der Waals surface area contributed by atoms with Crippen LogP contribution < -0.4 is 9.64 Å². The topological polar surface area (TPSA) is 130 Å². The first-order valence-electron chi connectivity index (χ1n) is 14.0. The molecule has 1 aliphatic carbocycles. The van der Waals surface area contributed by atoms with Gasteiger partial charge in [-0.25, -0.2) is 9.50 Å². The number of hydrogen-bond donors (Lipinski definition) is 2. The number of anilines is 1. The van der Waals surface area contributed by atoms with Crippen LogP contribution in [0.3, 0.4) is 0 Å². The van der Waals surface area contributed by atoms with Crippen molar-refractivity contribution in [2.45, 2.75) is 50.0 Å². The standard InChI is InChI=1S/C29H33N7O4/c1-18(37)6-27(38)36-22-7-23(36)15-34(14-22)26-3-2-19(11-31-26)25-8-24(16-35-28(25)20(10-30)12-32-35)40-5-4-33-13-21-9-29(21,39)17-33/h2-3,8,11-12,16,18,21-23,37,39H,4-7,9,13-15,17H2,1H3. The predicted octanol–water partition coefficient (Wildman–Crippen LogP) is 1.27. The highest BCUT2D eigenvalue weighted by Gasteiger charge is 2.58. The van der Waals surface area contributed by atoms with Crippen molar-refractivity contribution in [3.8, 4) is 22.9 Å². The van der Waals surface area contributed by atoms with Crippen molar-refractivity contribution in [3.05, 3.63) is 42.4 Å². The Labute approximate surface area is 232 Å². The summed E-state index contributed by atoms with van der Waals surface area (Å²) < 4.78 is 7.79. The Morgan fingerprint density at radius 3 is 2.77 bits per heavy atom. The van der Waals surface area contributed by atoms with Crippen LogP contribution in [0, 0.1) is 17.2 Å². The van der Waals surface area contributed by atoms with E-state index < -0.39 is 11.7 Å². The van der Waals surface area contributed by atoms with Crippen LogP contribution in [0.1, 0.15) is 31.7 Å². The largest absolute Gasteiger partial charge is 0.491 e. The summed E-state index contributed by atoms with van der Waals surface area (Å²) in [6.45, 7) is 5.95. The zero-order valence-corrected chi connectivity index (χ0v) is 22.5. The van der Waals surface area contributed by atoms with E-state index in [1.54, 1.807) is 23.8 Å². The van der Waals surface area contributed by atoms with Gasteiger partial charge in [0, 0.05) is 56.0 Å². The molecule has 11 heteroatoms. The van der Waals surface area contributed by atoms with E-state index in [0.717, 1.165) is 56.0 Å². The number of amides is 1. The highest BCUT2D eigenvalue weighted by atomic mass is 16.5. The van der Waals surface area contributed by atoms with Crippen LogP contribution >= 0.6 is 0 Å². The molecule has 11 nitrogen and oxygen atoms in total. The molecule has 2 N–H and O–H groups in total. The van der Waals surface area contributed by atoms with Gasteiger partial charge in [-0.05, 0) is 38.0 Å². The summed E-state index contributed by atoms with van der Waals surface area (Å²) in [6.07, 6.45) is 6.61. The fraction of sp³-hybridized carbons (Fsp3) is 0.517. The number of ether oxygens (including phenoxy) is 1. The Hall–Kier alpha value is -3.72. The van der Waals surface area contributed by atoms with E-state index in [0.29, 0.717) is 35.9 Å². The fourth-order valence-electron chi connectivity index (χ4n) is 6.79. The molecule has 1 amide bonds. The number of nitrogens with zero attached hydrogens (tertiary/aromatic N) is 7. The highest BCUT2D eigenvalue weighted by molar-refractivity contribution is 5.85. The van der Waals surface area contributed by atoms with Crippen molar-refractivity contribution < 1.29 is 19.7 Å². The lowest BCUT2D eigenvalue weighted by Gasteiger charge is -2.56. The summed E-state index contributed by atoms with van der Waals surface area (Å²) in [5.41, 5.74) is 2.39. The second-order valence-electron chi connectivity index (χ2n) is 11.8. The van der Waals surface area contributed by atoms with E-state index in [2.05, 4.69) is 21.0 Å². The van der Waals surface area contributed by atoms with Crippen LogP contribution in [-0.4, -0.2) is 104 Å². The third-order valence-electron chi connectivity index (χ3n) is 8.89. The van der Waals surface area contributed by atoms with Crippen LogP contribution in [0.2, 0.25) is 0 Å². The van der Waals surface area contributed by atoms with E-state index in [9.17, 15) is 20.3 Å². The molecule has 5 aliphatic rings. The molecule has 0 radical (unpaired) electrons. The summed E-state index contributed by atoms with van der Waals surface area (Å²) in [4.78, 5) is 23.6. The molecule has 40 heavy (non-hydrogen) atoms. The van der Waals surface area contributed by atoms with Crippen LogP contribution in [0.15, 0.2) is 36.8 Å². The predicted molar refractivity (Wildman–Crippen MR) is 146 cm³/mol. The van der Waals surface area contributed by atoms with Gasteiger partial charge in [0.15, 0.2) is 0 Å². The smallest absolute Gasteiger partial charge is 0.225 e. The summed E-state index contributed by atoms with van der Waals surface area (Å²) in [6, 6.07) is 8.47. The van der Waals surface area contributed by atoms with Crippen LogP contribution in [0.4, 0.5) is 5.82 Å². The maximum absolute atomic E-state index is 12.5. The number of fused-ring (bicyclic) bond motifs is 4. The Balaban J connectivity index is 1.07. The minimum absolute atomic E-state index is 0.0220. The van der Waals surface area contributed by atoms with Crippen LogP contribution in [0.5, 0.6) is 5.75 Å². The lowest BCUT2D eigenvalue weighted by molar-refractivity contribution is -0.148. The third-order valence-corrected chi connectivity index (χ3v) is 8.89. The van der Waals surface area contributed by atoms with Crippen molar-refractivity contribution in [2.24, 2.45) is 5.92 Å². The number of piperidine rings is 2. The molecule has 5 unspecified atom stereocenters. The first-order chi connectivity index (χ1) is 19.3. The number of likely N-dealkylation sites (tertiary alicyclic amines) is 1. The first kappa shape index (κ1) is 25.3. The second kappa shape index (κ2) is 9.44. The second-order valence-corrected chi connectivity index (χ2v) is 11.8. The minimum atomic E-state index is -0.629. The van der Waals surface area contributed by atoms with E-state index in [4.69, 9.17) is 9.72 Å². The molecule has 3 aromatic rings. The number of pyridine rings is 2. The molecular formula is C29H33N7O4. The molecule has 0 aromatic carbocycles. The van der Waals surface area contributed by atoms with Crippen molar-refractivity contribution in [1.82, 2.24) is 24.4 Å². The Morgan fingerprint density at radius 1 is 1.27 bits per heavy atom. The molecule has 8 rings (SSSR count). The van der Waals surface area contributed by atoms with E-state index in [1.165, 1.54) is 0 Å². The lowest BCUT2D eigenvalue weighted by Crippen LogP contribution is -2.70. The summed E-state index contributed by atoms with van der Waals surface area (Å²) in [5.74, 6) is 1.93. The summed E-state index contributed by atoms with van der Waals surface area (Å²) >= 11 is 0. The van der Waals surface area contributed by atoms with Gasteiger partial charge in [0.2, 0.25) is 5.91 Å². The lowest BCUT2D eigenvalue weighted by atomic mass is 9.86. The number of carbonyl (C=O) groups excluding carboxylic acids is 1. The molecular weight excluding hydrogens is 510 g/mol. The zero-order chi connectivity index (χ0) is 27.6. The number of piperazine rings is 1. The molecule has 3 aromatic heterocycles. The van der Waals surface area contributed by atoms with E-state index in [-0.39, 0.29) is 24.4 Å². The van der Waals surface area contributed by atoms with Crippen molar-refractivity contribution in [1.29, 1.82) is 5.26 Å². The van der Waals surface area contributed by atoms with E-state index >= 15 is 0 Å². The monoisotopic (exact) mass is 543 g/mol. The first-order valence-corrected chi connectivity index (χ1v) is 14.0. The number of aliphatic hydroxyl groups is 2. The Bertz CT molecular complexity index is 1490. The van der Waals surface area contributed by atoms with Gasteiger partial charge >= 0.3 is 0 Å². The normalized spacial score (nSPS) is 27.7. The molecule has 4 saturated heterocycles. The molecule has 5 atom stereocenters. The minimum Gasteiger partial charge on any atom is -0.491 e. The number of nitriles is 1. The molecule has 1 saturated carbocycles. The fourth-order valence-corrected chi connectivity index (χ4v) is 6.79. The maximum atomic E-state index is 12.5. The Kier molecular flexibility index (Phi) is 5.96. The number of β-amino-alcohol motifs (C(OH)–C–C–N with tert-alkyl or cyclic N) is 1. The maximum Gasteiger partial charge on any atom is 0.225 e. The van der Waals surface area contributed by atoms with Gasteiger partial charge in [-0.15, -0.1) is 0 Å². The van der Waals surface area contributed by atoms with Crippen LogP contribution in [-0.2, 0) is 4.79 Å². The quantitative estimate of drug-likeness (QED) is 0.431. The molecule has 7 heterocycles. The number of rotatable bonds is 8. The molecule has 4 aliphatic heterocycles. The van der Waals surface area contributed by atoms with Gasteiger partial charge in [0.05, 0.1) is 53.7 Å². The molecule has 5 fully saturated rings. The zero-order valence-electron chi connectivity index (χ0n) is 22.5. The van der Waals surface area contributed by atoms with Crippen molar-refractivity contribution >= 4 is 17.2 Å². The SMILES string of the molecule is CC(O)CC(=O)N1C2CC1CN(c1ccc(-c3cc(OCCN4CC5CC5(O)C4)cn4ncc(C#N)c34)cn1)C2. The van der Waals surface area contributed by atoms with Crippen molar-refractivity contribution in [3.63, 3.8) is 0 Å². The average molecular weight is 544 g/mol.